The zero-order valence-electron chi connectivity index (χ0n) is 9.18. The van der Waals surface area contributed by atoms with Crippen LogP contribution in [0.2, 0.25) is 0 Å². The van der Waals surface area contributed by atoms with Crippen molar-refractivity contribution in [2.75, 3.05) is 19.8 Å². The average molecular weight is 185 g/mol. The number of aliphatic hydroxyl groups excluding tert-OH is 1. The molecule has 0 aromatic carbocycles. The maximum Gasteiger partial charge on any atom is 0.0539 e. The number of ether oxygens (including phenoxy) is 1. The van der Waals surface area contributed by atoms with Crippen LogP contribution in [0.5, 0.6) is 0 Å². The van der Waals surface area contributed by atoms with Crippen molar-refractivity contribution in [3.63, 3.8) is 0 Å². The van der Waals surface area contributed by atoms with Crippen molar-refractivity contribution in [2.24, 2.45) is 5.41 Å². The Hall–Kier alpha value is -0.0151. The molecule has 0 amide bonds. The molecule has 0 fully saturated rings. The fraction of sp³-hybridized carbons (Fsp3) is 1.00. The second-order valence-corrected chi connectivity index (χ2v) is 4.08. The first-order chi connectivity index (χ1) is 5.62. The Kier molecular flexibility index (Phi) is 10.2. The van der Waals surface area contributed by atoms with Crippen LogP contribution in [0.4, 0.5) is 0 Å². The number of rotatable bonds is 7. The van der Waals surface area contributed by atoms with Crippen molar-refractivity contribution in [1.82, 2.24) is 0 Å². The molecule has 0 rings (SSSR count). The van der Waals surface area contributed by atoms with E-state index in [0.717, 1.165) is 13.0 Å². The van der Waals surface area contributed by atoms with Crippen molar-refractivity contribution in [1.29, 1.82) is 0 Å². The van der Waals surface area contributed by atoms with Gasteiger partial charge in [0.1, 0.15) is 0 Å². The first-order valence-electron chi connectivity index (χ1n) is 4.81. The average Bonchev–Trinajstić information content (AvgIpc) is 2.04. The van der Waals surface area contributed by atoms with E-state index in [-0.39, 0.29) is 20.4 Å². The van der Waals surface area contributed by atoms with Gasteiger partial charge in [0.15, 0.2) is 0 Å². The summed E-state index contributed by atoms with van der Waals surface area (Å²) in [5.74, 6) is 0. The minimum atomic E-state index is -0.0772. The van der Waals surface area contributed by atoms with Gasteiger partial charge < -0.3 is 9.84 Å². The predicted molar refractivity (Wildman–Crippen MR) is 57.0 cm³/mol. The highest BCUT2D eigenvalue weighted by Crippen LogP contribution is 2.13. The number of aliphatic hydroxyl groups is 1. The SMILES string of the molecule is CCCCCOCC(C)(C)CO.[B]. The van der Waals surface area contributed by atoms with E-state index in [1.807, 2.05) is 13.8 Å². The smallest absolute Gasteiger partial charge is 0.0539 e. The van der Waals surface area contributed by atoms with Crippen LogP contribution in [0.15, 0.2) is 0 Å². The normalized spacial score (nSPS) is 11.1. The molecule has 1 N–H and O–H groups in total. The summed E-state index contributed by atoms with van der Waals surface area (Å²) in [7, 11) is 0. The molecule has 13 heavy (non-hydrogen) atoms. The largest absolute Gasteiger partial charge is 0.396 e. The Morgan fingerprint density at radius 1 is 1.23 bits per heavy atom. The zero-order chi connectivity index (χ0) is 9.45. The number of hydrogen-bond acceptors (Lipinski definition) is 2. The van der Waals surface area contributed by atoms with Crippen LogP contribution in [0, 0.1) is 5.41 Å². The lowest BCUT2D eigenvalue weighted by Gasteiger charge is -2.20. The first kappa shape index (κ1) is 15.5. The molecular formula is C10H22BO2. The quantitative estimate of drug-likeness (QED) is 0.484. The minimum Gasteiger partial charge on any atom is -0.396 e. The third-order valence-electron chi connectivity index (χ3n) is 1.81. The van der Waals surface area contributed by atoms with E-state index in [4.69, 9.17) is 9.84 Å². The van der Waals surface area contributed by atoms with Gasteiger partial charge in [-0.05, 0) is 6.42 Å². The maximum atomic E-state index is 8.92. The van der Waals surface area contributed by atoms with Gasteiger partial charge in [-0.1, -0.05) is 33.6 Å². The highest BCUT2D eigenvalue weighted by Gasteiger charge is 2.15. The Labute approximate surface area is 84.3 Å². The van der Waals surface area contributed by atoms with E-state index in [9.17, 15) is 0 Å². The van der Waals surface area contributed by atoms with Crippen molar-refractivity contribution in [3.8, 4) is 0 Å². The van der Waals surface area contributed by atoms with E-state index in [2.05, 4.69) is 6.92 Å². The van der Waals surface area contributed by atoms with E-state index < -0.39 is 0 Å². The second-order valence-electron chi connectivity index (χ2n) is 4.08. The minimum absolute atomic E-state index is 0. The van der Waals surface area contributed by atoms with Crippen molar-refractivity contribution >= 4 is 8.41 Å². The summed E-state index contributed by atoms with van der Waals surface area (Å²) in [5.41, 5.74) is -0.0772. The van der Waals surface area contributed by atoms with Crippen molar-refractivity contribution in [3.05, 3.63) is 0 Å². The van der Waals surface area contributed by atoms with Gasteiger partial charge in [-0.25, -0.2) is 0 Å². The van der Waals surface area contributed by atoms with Crippen LogP contribution in [0.3, 0.4) is 0 Å². The molecule has 0 aliphatic heterocycles. The van der Waals surface area contributed by atoms with Crippen LogP contribution in [-0.4, -0.2) is 33.3 Å². The highest BCUT2D eigenvalue weighted by molar-refractivity contribution is 5.75. The zero-order valence-corrected chi connectivity index (χ0v) is 9.18. The lowest BCUT2D eigenvalue weighted by Crippen LogP contribution is -2.23. The summed E-state index contributed by atoms with van der Waals surface area (Å²) < 4.78 is 5.43. The predicted octanol–water partition coefficient (Wildman–Crippen LogP) is 1.83. The van der Waals surface area contributed by atoms with E-state index in [0.29, 0.717) is 6.61 Å². The highest BCUT2D eigenvalue weighted by atomic mass is 16.5. The molecule has 0 unspecified atom stereocenters. The van der Waals surface area contributed by atoms with Crippen LogP contribution in [0.1, 0.15) is 40.0 Å². The lowest BCUT2D eigenvalue weighted by molar-refractivity contribution is 0.0266. The second kappa shape index (κ2) is 8.58. The molecule has 0 aliphatic carbocycles. The van der Waals surface area contributed by atoms with Crippen LogP contribution < -0.4 is 0 Å². The van der Waals surface area contributed by atoms with Gasteiger partial charge in [-0.2, -0.15) is 0 Å². The molecule has 0 spiro atoms. The van der Waals surface area contributed by atoms with E-state index in [1.165, 1.54) is 12.8 Å². The summed E-state index contributed by atoms with van der Waals surface area (Å²) in [4.78, 5) is 0. The Bertz CT molecular complexity index is 105. The molecule has 77 valence electrons. The topological polar surface area (TPSA) is 29.5 Å². The summed E-state index contributed by atoms with van der Waals surface area (Å²) in [6, 6.07) is 0. The number of hydrogen-bond donors (Lipinski definition) is 1. The summed E-state index contributed by atoms with van der Waals surface area (Å²) in [5, 5.41) is 8.92. The summed E-state index contributed by atoms with van der Waals surface area (Å²) in [6.07, 6.45) is 3.60. The molecule has 0 aromatic heterocycles. The maximum absolute atomic E-state index is 8.92. The van der Waals surface area contributed by atoms with Gasteiger partial charge in [-0.3, -0.25) is 0 Å². The molecule has 0 saturated carbocycles. The standard InChI is InChI=1S/C10H22O2.B/c1-4-5-6-7-12-9-10(2,3)8-11;/h11H,4-9H2,1-3H3;. The van der Waals surface area contributed by atoms with Gasteiger partial charge in [0.05, 0.1) is 13.2 Å². The summed E-state index contributed by atoms with van der Waals surface area (Å²) in [6.45, 7) is 7.88. The fourth-order valence-electron chi connectivity index (χ4n) is 0.848. The number of unbranched alkanes of at least 4 members (excludes halogenated alkanes) is 2. The fourth-order valence-corrected chi connectivity index (χ4v) is 0.848. The van der Waals surface area contributed by atoms with Gasteiger partial charge >= 0.3 is 0 Å². The molecule has 3 radical (unpaired) electrons. The summed E-state index contributed by atoms with van der Waals surface area (Å²) >= 11 is 0. The van der Waals surface area contributed by atoms with E-state index in [1.54, 1.807) is 0 Å². The molecule has 0 saturated heterocycles. The van der Waals surface area contributed by atoms with Crippen LogP contribution in [0.25, 0.3) is 0 Å². The molecular weight excluding hydrogens is 163 g/mol. The molecule has 3 heteroatoms. The van der Waals surface area contributed by atoms with Crippen molar-refractivity contribution in [2.45, 2.75) is 40.0 Å². The molecule has 0 aromatic rings. The molecule has 2 nitrogen and oxygen atoms in total. The van der Waals surface area contributed by atoms with Gasteiger partial charge in [0.2, 0.25) is 0 Å². The van der Waals surface area contributed by atoms with E-state index >= 15 is 0 Å². The third kappa shape index (κ3) is 9.90. The van der Waals surface area contributed by atoms with Crippen LogP contribution >= 0.6 is 0 Å². The van der Waals surface area contributed by atoms with Gasteiger partial charge in [0, 0.05) is 20.4 Å². The lowest BCUT2D eigenvalue weighted by atomic mass is 9.97. The third-order valence-corrected chi connectivity index (χ3v) is 1.81. The van der Waals surface area contributed by atoms with Gasteiger partial charge in [0.25, 0.3) is 0 Å². The monoisotopic (exact) mass is 185 g/mol. The Morgan fingerprint density at radius 2 is 1.85 bits per heavy atom. The van der Waals surface area contributed by atoms with Crippen molar-refractivity contribution < 1.29 is 9.84 Å². The molecule has 0 bridgehead atoms. The van der Waals surface area contributed by atoms with Gasteiger partial charge in [-0.15, -0.1) is 0 Å². The first-order valence-corrected chi connectivity index (χ1v) is 4.81. The van der Waals surface area contributed by atoms with Crippen LogP contribution in [-0.2, 0) is 4.74 Å². The molecule has 0 heterocycles. The Balaban J connectivity index is 0. The molecule has 0 aliphatic rings. The Morgan fingerprint density at radius 3 is 2.31 bits per heavy atom. The molecule has 0 atom stereocenters.